The standard InChI is InChI=1S/C17H19NO2S/c1-11(17-8-12-4-2-3-5-16(12)21-17)18-13-6-7-14-15(9-13)20-10-19-14/h6-9,11,18H,2-5,10H2,1H3. The molecule has 0 spiro atoms. The number of anilines is 1. The lowest BCUT2D eigenvalue weighted by Crippen LogP contribution is -2.04. The van der Waals surface area contributed by atoms with Crippen LogP contribution in [0.2, 0.25) is 0 Å². The number of benzene rings is 1. The van der Waals surface area contributed by atoms with E-state index in [-0.39, 0.29) is 0 Å². The summed E-state index contributed by atoms with van der Waals surface area (Å²) in [5, 5.41) is 3.57. The number of nitrogens with one attached hydrogen (secondary N) is 1. The van der Waals surface area contributed by atoms with Crippen molar-refractivity contribution in [2.75, 3.05) is 12.1 Å². The molecule has 4 rings (SSSR count). The molecule has 1 aromatic carbocycles. The van der Waals surface area contributed by atoms with E-state index < -0.39 is 0 Å². The van der Waals surface area contributed by atoms with Crippen molar-refractivity contribution in [1.82, 2.24) is 0 Å². The zero-order valence-electron chi connectivity index (χ0n) is 12.1. The highest BCUT2D eigenvalue weighted by Gasteiger charge is 2.18. The Morgan fingerprint density at radius 3 is 2.86 bits per heavy atom. The molecule has 0 saturated heterocycles. The monoisotopic (exact) mass is 301 g/mol. The van der Waals surface area contributed by atoms with Gasteiger partial charge in [-0.25, -0.2) is 0 Å². The summed E-state index contributed by atoms with van der Waals surface area (Å²) in [6, 6.07) is 8.76. The van der Waals surface area contributed by atoms with Gasteiger partial charge in [0.25, 0.3) is 0 Å². The lowest BCUT2D eigenvalue weighted by molar-refractivity contribution is 0.174. The Kier molecular flexibility index (Phi) is 3.26. The summed E-state index contributed by atoms with van der Waals surface area (Å²) in [4.78, 5) is 3.02. The summed E-state index contributed by atoms with van der Waals surface area (Å²) in [6.07, 6.45) is 5.20. The van der Waals surface area contributed by atoms with Crippen LogP contribution in [-0.2, 0) is 12.8 Å². The van der Waals surface area contributed by atoms with Crippen molar-refractivity contribution in [2.45, 2.75) is 38.6 Å². The van der Waals surface area contributed by atoms with E-state index in [1.54, 1.807) is 10.4 Å². The first-order valence-corrected chi connectivity index (χ1v) is 8.39. The molecule has 4 heteroatoms. The highest BCUT2D eigenvalue weighted by molar-refractivity contribution is 7.12. The number of hydrogen-bond acceptors (Lipinski definition) is 4. The summed E-state index contributed by atoms with van der Waals surface area (Å²) in [7, 11) is 0. The minimum Gasteiger partial charge on any atom is -0.454 e. The van der Waals surface area contributed by atoms with Gasteiger partial charge in [-0.1, -0.05) is 0 Å². The second kappa shape index (κ2) is 5.26. The molecular weight excluding hydrogens is 282 g/mol. The molecule has 2 heterocycles. The maximum atomic E-state index is 5.43. The van der Waals surface area contributed by atoms with E-state index >= 15 is 0 Å². The minimum absolute atomic E-state index is 0.320. The van der Waals surface area contributed by atoms with Crippen molar-refractivity contribution in [3.05, 3.63) is 39.6 Å². The molecule has 1 aliphatic heterocycles. The van der Waals surface area contributed by atoms with Gasteiger partial charge in [0.05, 0.1) is 6.04 Å². The number of aryl methyl sites for hydroxylation is 2. The van der Waals surface area contributed by atoms with E-state index in [9.17, 15) is 0 Å². The van der Waals surface area contributed by atoms with Crippen molar-refractivity contribution in [3.63, 3.8) is 0 Å². The van der Waals surface area contributed by atoms with Crippen LogP contribution in [0.25, 0.3) is 0 Å². The highest BCUT2D eigenvalue weighted by atomic mass is 32.1. The van der Waals surface area contributed by atoms with Gasteiger partial charge in [-0.2, -0.15) is 0 Å². The van der Waals surface area contributed by atoms with Crippen molar-refractivity contribution < 1.29 is 9.47 Å². The first-order valence-electron chi connectivity index (χ1n) is 7.57. The molecule has 0 amide bonds. The second-order valence-electron chi connectivity index (χ2n) is 5.74. The van der Waals surface area contributed by atoms with E-state index in [1.165, 1.54) is 30.6 Å². The summed E-state index contributed by atoms with van der Waals surface area (Å²) < 4.78 is 10.8. The van der Waals surface area contributed by atoms with Crippen LogP contribution in [-0.4, -0.2) is 6.79 Å². The van der Waals surface area contributed by atoms with E-state index in [2.05, 4.69) is 24.4 Å². The molecule has 1 atom stereocenters. The molecule has 1 N–H and O–H groups in total. The third-order valence-electron chi connectivity index (χ3n) is 4.20. The van der Waals surface area contributed by atoms with Crippen molar-refractivity contribution in [3.8, 4) is 11.5 Å². The first kappa shape index (κ1) is 13.0. The fourth-order valence-corrected chi connectivity index (χ4v) is 4.29. The van der Waals surface area contributed by atoms with Crippen LogP contribution in [0.1, 0.15) is 41.1 Å². The zero-order chi connectivity index (χ0) is 14.2. The average molecular weight is 301 g/mol. The number of ether oxygens (including phenoxy) is 2. The molecule has 2 aliphatic rings. The molecule has 1 aliphatic carbocycles. The Morgan fingerprint density at radius 1 is 1.10 bits per heavy atom. The molecule has 1 aromatic heterocycles. The van der Waals surface area contributed by atoms with Crippen LogP contribution < -0.4 is 14.8 Å². The van der Waals surface area contributed by atoms with Gasteiger partial charge in [0.2, 0.25) is 6.79 Å². The van der Waals surface area contributed by atoms with Crippen LogP contribution in [0.5, 0.6) is 11.5 Å². The van der Waals surface area contributed by atoms with E-state index in [0.717, 1.165) is 17.2 Å². The topological polar surface area (TPSA) is 30.5 Å². The Hall–Kier alpha value is -1.68. The Morgan fingerprint density at radius 2 is 1.95 bits per heavy atom. The maximum Gasteiger partial charge on any atom is 0.231 e. The van der Waals surface area contributed by atoms with Crippen molar-refractivity contribution in [2.24, 2.45) is 0 Å². The third-order valence-corrected chi connectivity index (χ3v) is 5.62. The first-order chi connectivity index (χ1) is 10.3. The lowest BCUT2D eigenvalue weighted by Gasteiger charge is -2.14. The van der Waals surface area contributed by atoms with Crippen LogP contribution >= 0.6 is 11.3 Å². The Labute approximate surface area is 128 Å². The molecule has 110 valence electrons. The van der Waals surface area contributed by atoms with Crippen LogP contribution in [0, 0.1) is 0 Å². The molecule has 3 nitrogen and oxygen atoms in total. The summed E-state index contributed by atoms with van der Waals surface area (Å²) in [5.74, 6) is 1.66. The highest BCUT2D eigenvalue weighted by Crippen LogP contribution is 2.37. The van der Waals surface area contributed by atoms with E-state index in [0.29, 0.717) is 12.8 Å². The predicted molar refractivity (Wildman–Crippen MR) is 85.6 cm³/mol. The third kappa shape index (κ3) is 2.48. The van der Waals surface area contributed by atoms with Gasteiger partial charge in [0.15, 0.2) is 11.5 Å². The van der Waals surface area contributed by atoms with E-state index in [1.807, 2.05) is 23.5 Å². The van der Waals surface area contributed by atoms with Gasteiger partial charge in [-0.15, -0.1) is 11.3 Å². The molecular formula is C17H19NO2S. The van der Waals surface area contributed by atoms with Gasteiger partial charge in [-0.05, 0) is 56.4 Å². The molecule has 2 aromatic rings. The van der Waals surface area contributed by atoms with Gasteiger partial charge in [0, 0.05) is 21.5 Å². The van der Waals surface area contributed by atoms with Crippen LogP contribution in [0.4, 0.5) is 5.69 Å². The normalized spacial score (nSPS) is 17.4. The largest absolute Gasteiger partial charge is 0.454 e. The van der Waals surface area contributed by atoms with Gasteiger partial charge in [0.1, 0.15) is 0 Å². The van der Waals surface area contributed by atoms with Crippen molar-refractivity contribution >= 4 is 17.0 Å². The summed E-state index contributed by atoms with van der Waals surface area (Å²) in [5.41, 5.74) is 2.65. The van der Waals surface area contributed by atoms with Crippen molar-refractivity contribution in [1.29, 1.82) is 0 Å². The number of rotatable bonds is 3. The fourth-order valence-electron chi connectivity index (χ4n) is 3.03. The zero-order valence-corrected chi connectivity index (χ0v) is 13.0. The molecule has 0 radical (unpaired) electrons. The van der Waals surface area contributed by atoms with Crippen LogP contribution in [0.15, 0.2) is 24.3 Å². The van der Waals surface area contributed by atoms with Crippen LogP contribution in [0.3, 0.4) is 0 Å². The smallest absolute Gasteiger partial charge is 0.231 e. The summed E-state index contributed by atoms with van der Waals surface area (Å²) >= 11 is 1.97. The molecule has 0 saturated carbocycles. The Bertz CT molecular complexity index is 641. The lowest BCUT2D eigenvalue weighted by atomic mass is 9.99. The molecule has 0 bridgehead atoms. The number of fused-ring (bicyclic) bond motifs is 2. The maximum absolute atomic E-state index is 5.43. The quantitative estimate of drug-likeness (QED) is 0.903. The predicted octanol–water partition coefficient (Wildman–Crippen LogP) is 4.53. The van der Waals surface area contributed by atoms with E-state index in [4.69, 9.17) is 9.47 Å². The number of thiophene rings is 1. The number of hydrogen-bond donors (Lipinski definition) is 1. The summed E-state index contributed by atoms with van der Waals surface area (Å²) in [6.45, 7) is 2.55. The Balaban J connectivity index is 1.52. The molecule has 0 fully saturated rings. The second-order valence-corrected chi connectivity index (χ2v) is 6.91. The fraction of sp³-hybridized carbons (Fsp3) is 0.412. The molecule has 1 unspecified atom stereocenters. The average Bonchev–Trinajstić information content (AvgIpc) is 3.13. The van der Waals surface area contributed by atoms with Gasteiger partial charge < -0.3 is 14.8 Å². The minimum atomic E-state index is 0.320. The van der Waals surface area contributed by atoms with Gasteiger partial charge in [-0.3, -0.25) is 0 Å². The van der Waals surface area contributed by atoms with Gasteiger partial charge >= 0.3 is 0 Å². The molecule has 21 heavy (non-hydrogen) atoms. The SMILES string of the molecule is CC(Nc1ccc2c(c1)OCO2)c1cc2c(s1)CCCC2.